The monoisotopic (exact) mass is 324 g/mol. The van der Waals surface area contributed by atoms with Gasteiger partial charge in [-0.1, -0.05) is 24.3 Å². The second kappa shape index (κ2) is 7.60. The van der Waals surface area contributed by atoms with E-state index in [-0.39, 0.29) is 11.8 Å². The van der Waals surface area contributed by atoms with E-state index in [9.17, 15) is 8.42 Å². The van der Waals surface area contributed by atoms with E-state index in [0.717, 1.165) is 36.6 Å². The van der Waals surface area contributed by atoms with Crippen molar-refractivity contribution in [2.75, 3.05) is 13.1 Å². The van der Waals surface area contributed by atoms with Crippen molar-refractivity contribution < 1.29 is 8.42 Å². The summed E-state index contributed by atoms with van der Waals surface area (Å²) in [5.41, 5.74) is 1.87. The normalized spacial score (nSPS) is 15.3. The highest BCUT2D eigenvalue weighted by molar-refractivity contribution is 7.88. The van der Waals surface area contributed by atoms with Gasteiger partial charge in [0.25, 0.3) is 0 Å². The lowest BCUT2D eigenvalue weighted by atomic mass is 10.1. The standard InChI is InChI=1S/C15H24N4O2S/c1-12(2)19-22(20,21)11-14-6-4-13(5-7-14)10-18-15-16-8-3-9-17-15/h4-7,12,19H,3,8-11H2,1-2H3,(H2,16,17,18). The second-order valence-electron chi connectivity index (χ2n) is 5.71. The molecule has 7 heteroatoms. The maximum Gasteiger partial charge on any atom is 0.216 e. The van der Waals surface area contributed by atoms with Gasteiger partial charge >= 0.3 is 0 Å². The molecule has 22 heavy (non-hydrogen) atoms. The molecule has 0 radical (unpaired) electrons. The second-order valence-corrected chi connectivity index (χ2v) is 7.47. The molecule has 1 aliphatic heterocycles. The molecule has 2 rings (SSSR count). The molecule has 0 aromatic heterocycles. The van der Waals surface area contributed by atoms with Crippen molar-refractivity contribution >= 4 is 16.0 Å². The predicted molar refractivity (Wildman–Crippen MR) is 89.1 cm³/mol. The molecule has 0 unspecified atom stereocenters. The first-order chi connectivity index (χ1) is 10.4. The van der Waals surface area contributed by atoms with Crippen molar-refractivity contribution in [1.29, 1.82) is 0 Å². The SMILES string of the molecule is CC(C)NS(=O)(=O)Cc1ccc(CNC2=NCCCN2)cc1. The summed E-state index contributed by atoms with van der Waals surface area (Å²) >= 11 is 0. The minimum absolute atomic E-state index is 0.00710. The van der Waals surface area contributed by atoms with E-state index < -0.39 is 10.0 Å². The first-order valence-electron chi connectivity index (χ1n) is 7.54. The zero-order valence-electron chi connectivity index (χ0n) is 13.1. The van der Waals surface area contributed by atoms with Crippen LogP contribution in [-0.4, -0.2) is 33.5 Å². The maximum absolute atomic E-state index is 11.9. The van der Waals surface area contributed by atoms with Crippen LogP contribution in [0.3, 0.4) is 0 Å². The van der Waals surface area contributed by atoms with Gasteiger partial charge in [-0.2, -0.15) is 0 Å². The highest BCUT2D eigenvalue weighted by atomic mass is 32.2. The van der Waals surface area contributed by atoms with Crippen molar-refractivity contribution in [3.8, 4) is 0 Å². The number of nitrogens with zero attached hydrogens (tertiary/aromatic N) is 1. The van der Waals surface area contributed by atoms with E-state index in [1.54, 1.807) is 0 Å². The van der Waals surface area contributed by atoms with Crippen LogP contribution in [-0.2, 0) is 22.3 Å². The van der Waals surface area contributed by atoms with Crippen LogP contribution in [0.15, 0.2) is 29.3 Å². The molecule has 6 nitrogen and oxygen atoms in total. The third-order valence-corrected chi connectivity index (χ3v) is 4.70. The third-order valence-electron chi connectivity index (χ3n) is 3.15. The number of rotatable bonds is 6. The molecule has 1 aliphatic rings. The number of guanidine groups is 1. The fraction of sp³-hybridized carbons (Fsp3) is 0.533. The van der Waals surface area contributed by atoms with Crippen LogP contribution in [0, 0.1) is 0 Å². The van der Waals surface area contributed by atoms with Crippen LogP contribution in [0.5, 0.6) is 0 Å². The summed E-state index contributed by atoms with van der Waals surface area (Å²) in [4.78, 5) is 4.34. The summed E-state index contributed by atoms with van der Waals surface area (Å²) in [7, 11) is -3.27. The average Bonchev–Trinajstić information content (AvgIpc) is 2.46. The van der Waals surface area contributed by atoms with E-state index in [1.807, 2.05) is 38.1 Å². The summed E-state index contributed by atoms with van der Waals surface area (Å²) in [6.45, 7) is 6.10. The molecule has 0 saturated carbocycles. The summed E-state index contributed by atoms with van der Waals surface area (Å²) in [5, 5.41) is 6.44. The Morgan fingerprint density at radius 2 is 1.91 bits per heavy atom. The van der Waals surface area contributed by atoms with Gasteiger partial charge in [-0.3, -0.25) is 4.99 Å². The lowest BCUT2D eigenvalue weighted by molar-refractivity contribution is 0.569. The van der Waals surface area contributed by atoms with E-state index in [4.69, 9.17) is 0 Å². The third kappa shape index (κ3) is 5.65. The molecule has 1 aromatic rings. The smallest absolute Gasteiger partial charge is 0.216 e. The summed E-state index contributed by atoms with van der Waals surface area (Å²) in [6.07, 6.45) is 1.07. The molecule has 0 aliphatic carbocycles. The molecule has 0 spiro atoms. The maximum atomic E-state index is 11.9. The van der Waals surface area contributed by atoms with E-state index >= 15 is 0 Å². The number of aliphatic imine (C=N–C) groups is 1. The molecule has 0 fully saturated rings. The summed E-state index contributed by atoms with van der Waals surface area (Å²) < 4.78 is 26.3. The molecule has 0 bridgehead atoms. The fourth-order valence-corrected chi connectivity index (χ4v) is 3.64. The van der Waals surface area contributed by atoms with Crippen LogP contribution in [0.4, 0.5) is 0 Å². The average molecular weight is 324 g/mol. The number of hydrogen-bond acceptors (Lipinski definition) is 5. The van der Waals surface area contributed by atoms with Crippen LogP contribution in [0.1, 0.15) is 31.4 Å². The Labute approximate surface area is 132 Å². The van der Waals surface area contributed by atoms with Crippen molar-refractivity contribution in [2.24, 2.45) is 4.99 Å². The van der Waals surface area contributed by atoms with Crippen LogP contribution < -0.4 is 15.4 Å². The molecule has 0 saturated heterocycles. The van der Waals surface area contributed by atoms with Gasteiger partial charge in [0.1, 0.15) is 0 Å². The van der Waals surface area contributed by atoms with Crippen molar-refractivity contribution in [1.82, 2.24) is 15.4 Å². The molecule has 0 amide bonds. The Balaban J connectivity index is 1.88. The van der Waals surface area contributed by atoms with E-state index in [2.05, 4.69) is 20.3 Å². The zero-order valence-corrected chi connectivity index (χ0v) is 13.9. The Bertz CT molecular complexity index is 609. The minimum Gasteiger partial charge on any atom is -0.356 e. The van der Waals surface area contributed by atoms with Crippen LogP contribution in [0.2, 0.25) is 0 Å². The molecular formula is C15H24N4O2S. The zero-order chi connectivity index (χ0) is 16.0. The van der Waals surface area contributed by atoms with Gasteiger partial charge < -0.3 is 10.6 Å². The quantitative estimate of drug-likeness (QED) is 0.728. The Hall–Kier alpha value is -1.60. The lowest BCUT2D eigenvalue weighted by Gasteiger charge is -2.16. The molecular weight excluding hydrogens is 300 g/mol. The molecule has 122 valence electrons. The first-order valence-corrected chi connectivity index (χ1v) is 9.20. The van der Waals surface area contributed by atoms with Gasteiger partial charge in [0.15, 0.2) is 5.96 Å². The van der Waals surface area contributed by atoms with E-state index in [1.165, 1.54) is 0 Å². The molecule has 0 atom stereocenters. The number of sulfonamides is 1. The van der Waals surface area contributed by atoms with Crippen LogP contribution in [0.25, 0.3) is 0 Å². The number of hydrogen-bond donors (Lipinski definition) is 3. The highest BCUT2D eigenvalue weighted by Gasteiger charge is 2.12. The lowest BCUT2D eigenvalue weighted by Crippen LogP contribution is -2.40. The number of benzene rings is 1. The summed E-state index contributed by atoms with van der Waals surface area (Å²) in [6, 6.07) is 7.50. The fourth-order valence-electron chi connectivity index (χ4n) is 2.21. The topological polar surface area (TPSA) is 82.6 Å². The molecule has 1 aromatic carbocycles. The first kappa shape index (κ1) is 16.8. The van der Waals surface area contributed by atoms with Gasteiger partial charge in [-0.05, 0) is 31.4 Å². The molecule has 3 N–H and O–H groups in total. The van der Waals surface area contributed by atoms with Crippen molar-refractivity contribution in [2.45, 2.75) is 38.6 Å². The Morgan fingerprint density at radius 3 is 2.50 bits per heavy atom. The van der Waals surface area contributed by atoms with Gasteiger partial charge in [-0.15, -0.1) is 0 Å². The Kier molecular flexibility index (Phi) is 5.79. The van der Waals surface area contributed by atoms with Gasteiger partial charge in [0.05, 0.1) is 5.75 Å². The molecule has 1 heterocycles. The van der Waals surface area contributed by atoms with Crippen LogP contribution >= 0.6 is 0 Å². The van der Waals surface area contributed by atoms with Gasteiger partial charge in [-0.25, -0.2) is 13.1 Å². The highest BCUT2D eigenvalue weighted by Crippen LogP contribution is 2.08. The van der Waals surface area contributed by atoms with Crippen molar-refractivity contribution in [3.05, 3.63) is 35.4 Å². The Morgan fingerprint density at radius 1 is 1.23 bits per heavy atom. The van der Waals surface area contributed by atoms with E-state index in [0.29, 0.717) is 6.54 Å². The van der Waals surface area contributed by atoms with Gasteiger partial charge in [0.2, 0.25) is 10.0 Å². The van der Waals surface area contributed by atoms with Gasteiger partial charge in [0, 0.05) is 25.7 Å². The summed E-state index contributed by atoms with van der Waals surface area (Å²) in [5.74, 6) is 0.840. The number of nitrogens with one attached hydrogen (secondary N) is 3. The largest absolute Gasteiger partial charge is 0.356 e. The predicted octanol–water partition coefficient (Wildman–Crippen LogP) is 0.953. The minimum atomic E-state index is -3.27. The van der Waals surface area contributed by atoms with Crippen molar-refractivity contribution in [3.63, 3.8) is 0 Å².